The van der Waals surface area contributed by atoms with E-state index >= 15 is 0 Å². The number of unbranched alkanes of at least 4 members (excludes halogenated alkanes) is 8. The van der Waals surface area contributed by atoms with Crippen molar-refractivity contribution < 1.29 is 0 Å². The van der Waals surface area contributed by atoms with E-state index in [1.165, 1.54) is 137 Å². The number of anilines is 3. The molecule has 7 aromatic carbocycles. The number of hydrogen-bond donors (Lipinski definition) is 0. The van der Waals surface area contributed by atoms with Crippen LogP contribution in [0.5, 0.6) is 0 Å². The van der Waals surface area contributed by atoms with Gasteiger partial charge in [-0.15, -0.1) is 13.2 Å². The van der Waals surface area contributed by atoms with Crippen LogP contribution in [0, 0.1) is 13.8 Å². The molecule has 0 N–H and O–H groups in total. The minimum absolute atomic E-state index is 0.0277. The van der Waals surface area contributed by atoms with E-state index in [1.807, 2.05) is 0 Å². The lowest BCUT2D eigenvalue weighted by molar-refractivity contribution is 0.399. The standard InChI is InChI=1S/C64H67N/c1-7-9-11-13-15-20-40-64(41-21-16-14-12-10-8-2)61-43-47(4)25-37-57(61)58-39-31-51(45-62(58)64)49-28-34-54(35-29-49)65(52-22-18-17-19-23-52)53-32-26-48(27-33-53)50-30-38-56-55-36-24-46(3)42-59(55)63(5,6)60(56)44-50/h7-8,17-19,22-39,42-45H,1-2,9-16,20-21,40-41H2,3-6H3. The van der Waals surface area contributed by atoms with E-state index in [4.69, 9.17) is 0 Å². The lowest BCUT2D eigenvalue weighted by Crippen LogP contribution is -2.25. The van der Waals surface area contributed by atoms with Crippen molar-refractivity contribution in [3.63, 3.8) is 0 Å². The predicted molar refractivity (Wildman–Crippen MR) is 281 cm³/mol. The van der Waals surface area contributed by atoms with Gasteiger partial charge < -0.3 is 4.90 Å². The number of benzene rings is 7. The number of fused-ring (bicyclic) bond motifs is 6. The molecule has 0 heterocycles. The van der Waals surface area contributed by atoms with Gasteiger partial charge >= 0.3 is 0 Å². The third-order valence-electron chi connectivity index (χ3n) is 14.8. The van der Waals surface area contributed by atoms with Gasteiger partial charge in [0.05, 0.1) is 0 Å². The van der Waals surface area contributed by atoms with E-state index in [2.05, 4.69) is 210 Å². The van der Waals surface area contributed by atoms with Crippen molar-refractivity contribution in [3.05, 3.63) is 210 Å². The Morgan fingerprint density at radius 1 is 0.400 bits per heavy atom. The van der Waals surface area contributed by atoms with Gasteiger partial charge in [0, 0.05) is 27.9 Å². The maximum atomic E-state index is 3.97. The number of nitrogens with zero attached hydrogens (tertiary/aromatic N) is 1. The molecule has 0 spiro atoms. The molecule has 0 amide bonds. The molecule has 2 aliphatic carbocycles. The van der Waals surface area contributed by atoms with Gasteiger partial charge in [-0.25, -0.2) is 0 Å². The minimum Gasteiger partial charge on any atom is -0.311 e. The van der Waals surface area contributed by atoms with Gasteiger partial charge in [-0.3, -0.25) is 0 Å². The summed E-state index contributed by atoms with van der Waals surface area (Å²) in [7, 11) is 0. The Bertz CT molecular complexity index is 2760. The molecule has 1 nitrogen and oxygen atoms in total. The Morgan fingerprint density at radius 3 is 1.29 bits per heavy atom. The number of allylic oxidation sites excluding steroid dienone is 2. The minimum atomic E-state index is -0.0356. The molecule has 0 radical (unpaired) electrons. The summed E-state index contributed by atoms with van der Waals surface area (Å²) in [5.74, 6) is 0. The molecule has 0 aromatic heterocycles. The lowest BCUT2D eigenvalue weighted by Gasteiger charge is -2.33. The van der Waals surface area contributed by atoms with E-state index in [0.717, 1.165) is 29.9 Å². The van der Waals surface area contributed by atoms with Crippen molar-refractivity contribution in [1.82, 2.24) is 0 Å². The van der Waals surface area contributed by atoms with Crippen molar-refractivity contribution in [1.29, 1.82) is 0 Å². The third kappa shape index (κ3) is 8.71. The van der Waals surface area contributed by atoms with Gasteiger partial charge in [0.25, 0.3) is 0 Å². The van der Waals surface area contributed by atoms with Crippen LogP contribution in [0.3, 0.4) is 0 Å². The van der Waals surface area contributed by atoms with Gasteiger partial charge in [0.15, 0.2) is 0 Å². The van der Waals surface area contributed by atoms with E-state index < -0.39 is 0 Å². The summed E-state index contributed by atoms with van der Waals surface area (Å²) < 4.78 is 0. The summed E-state index contributed by atoms with van der Waals surface area (Å²) in [6.07, 6.45) is 18.8. The van der Waals surface area contributed by atoms with Gasteiger partial charge in [0.1, 0.15) is 0 Å². The maximum Gasteiger partial charge on any atom is 0.0462 e. The molecule has 0 unspecified atom stereocenters. The summed E-state index contributed by atoms with van der Waals surface area (Å²) in [5.41, 5.74) is 22.7. The van der Waals surface area contributed by atoms with Crippen LogP contribution in [0.2, 0.25) is 0 Å². The van der Waals surface area contributed by atoms with Crippen LogP contribution >= 0.6 is 0 Å². The van der Waals surface area contributed by atoms with Crippen LogP contribution in [-0.4, -0.2) is 0 Å². The molecule has 0 fully saturated rings. The zero-order valence-electron chi connectivity index (χ0n) is 39.4. The molecule has 1 heteroatoms. The van der Waals surface area contributed by atoms with E-state index in [9.17, 15) is 0 Å². The second-order valence-electron chi connectivity index (χ2n) is 19.6. The van der Waals surface area contributed by atoms with Crippen LogP contribution in [0.4, 0.5) is 17.1 Å². The molecule has 2 aliphatic rings. The second-order valence-corrected chi connectivity index (χ2v) is 19.6. The molecule has 328 valence electrons. The Hall–Kier alpha value is -6.18. The predicted octanol–water partition coefficient (Wildman–Crippen LogP) is 18.7. The van der Waals surface area contributed by atoms with Gasteiger partial charge in [0.2, 0.25) is 0 Å². The van der Waals surface area contributed by atoms with E-state index in [0.29, 0.717) is 0 Å². The molecule has 0 saturated heterocycles. The third-order valence-corrected chi connectivity index (χ3v) is 14.8. The fourth-order valence-electron chi connectivity index (χ4n) is 11.3. The number of para-hydroxylation sites is 1. The Morgan fingerprint density at radius 2 is 0.785 bits per heavy atom. The first kappa shape index (κ1) is 44.0. The van der Waals surface area contributed by atoms with Crippen LogP contribution in [0.15, 0.2) is 177 Å². The molecule has 0 atom stereocenters. The van der Waals surface area contributed by atoms with Crippen LogP contribution in [0.25, 0.3) is 44.5 Å². The summed E-state index contributed by atoms with van der Waals surface area (Å²) in [5, 5.41) is 0. The van der Waals surface area contributed by atoms with E-state index in [-0.39, 0.29) is 10.8 Å². The van der Waals surface area contributed by atoms with Crippen LogP contribution in [0.1, 0.15) is 124 Å². The topological polar surface area (TPSA) is 3.24 Å². The van der Waals surface area contributed by atoms with Crippen molar-refractivity contribution >= 4 is 17.1 Å². The monoisotopic (exact) mass is 850 g/mol. The maximum absolute atomic E-state index is 3.97. The van der Waals surface area contributed by atoms with Gasteiger partial charge in [-0.1, -0.05) is 179 Å². The number of aryl methyl sites for hydroxylation is 2. The highest BCUT2D eigenvalue weighted by Crippen LogP contribution is 2.56. The zero-order chi connectivity index (χ0) is 45.0. The quantitative estimate of drug-likeness (QED) is 0.0579. The average molecular weight is 850 g/mol. The summed E-state index contributed by atoms with van der Waals surface area (Å²) in [6.45, 7) is 17.1. The molecule has 0 bridgehead atoms. The molecule has 9 rings (SSSR count). The fraction of sp³-hybridized carbons (Fsp3) is 0.281. The SMILES string of the molecule is C=CCCCCCCC1(CCCCCCC=C)c2cc(C)ccc2-c2ccc(-c3ccc(N(c4ccccc4)c4ccc(-c5ccc6c(c5)C(C)(C)c5cc(C)ccc5-6)cc4)cc3)cc21. The first-order chi connectivity index (χ1) is 31.7. The average Bonchev–Trinajstić information content (AvgIpc) is 3.72. The molecule has 7 aromatic rings. The Kier molecular flexibility index (Phi) is 13.0. The second kappa shape index (κ2) is 19.1. The Balaban J connectivity index is 1.02. The smallest absolute Gasteiger partial charge is 0.0462 e. The molecule has 0 aliphatic heterocycles. The van der Waals surface area contributed by atoms with Gasteiger partial charge in [-0.05, 0) is 168 Å². The lowest BCUT2D eigenvalue weighted by atomic mass is 9.70. The molecular formula is C64H67N. The van der Waals surface area contributed by atoms with Crippen molar-refractivity contribution in [2.75, 3.05) is 4.90 Å². The molecule has 0 saturated carbocycles. The number of hydrogen-bond acceptors (Lipinski definition) is 1. The Labute approximate surface area is 390 Å². The van der Waals surface area contributed by atoms with Crippen LogP contribution in [-0.2, 0) is 10.8 Å². The first-order valence-corrected chi connectivity index (χ1v) is 24.5. The first-order valence-electron chi connectivity index (χ1n) is 24.5. The highest BCUT2D eigenvalue weighted by molar-refractivity contribution is 5.87. The normalized spacial score (nSPS) is 13.7. The van der Waals surface area contributed by atoms with E-state index in [1.54, 1.807) is 5.56 Å². The highest BCUT2D eigenvalue weighted by atomic mass is 15.1. The van der Waals surface area contributed by atoms with Crippen molar-refractivity contribution in [3.8, 4) is 44.5 Å². The summed E-state index contributed by atoms with van der Waals surface area (Å²) in [4.78, 5) is 2.38. The van der Waals surface area contributed by atoms with Crippen molar-refractivity contribution in [2.24, 2.45) is 0 Å². The van der Waals surface area contributed by atoms with Crippen molar-refractivity contribution in [2.45, 2.75) is 116 Å². The summed E-state index contributed by atoms with van der Waals surface area (Å²) in [6, 6.07) is 57.8. The molecular weight excluding hydrogens is 783 g/mol. The van der Waals surface area contributed by atoms with Gasteiger partial charge in [-0.2, -0.15) is 0 Å². The largest absolute Gasteiger partial charge is 0.311 e. The number of rotatable bonds is 19. The zero-order valence-corrected chi connectivity index (χ0v) is 39.4. The molecule has 65 heavy (non-hydrogen) atoms. The summed E-state index contributed by atoms with van der Waals surface area (Å²) >= 11 is 0. The fourth-order valence-corrected chi connectivity index (χ4v) is 11.3. The highest BCUT2D eigenvalue weighted by Gasteiger charge is 2.42. The van der Waals surface area contributed by atoms with Crippen LogP contribution < -0.4 is 4.90 Å².